The van der Waals surface area contributed by atoms with Crippen molar-refractivity contribution in [3.63, 3.8) is 0 Å². The van der Waals surface area contributed by atoms with Gasteiger partial charge in [0, 0.05) is 31.2 Å². The molecule has 1 heterocycles. The van der Waals surface area contributed by atoms with Crippen molar-refractivity contribution in [2.45, 2.75) is 69.5 Å². The molecule has 0 bridgehead atoms. The van der Waals surface area contributed by atoms with Crippen molar-refractivity contribution in [1.82, 2.24) is 14.5 Å². The maximum Gasteiger partial charge on any atom is 0.254 e. The van der Waals surface area contributed by atoms with E-state index in [0.717, 1.165) is 31.2 Å². The summed E-state index contributed by atoms with van der Waals surface area (Å²) in [5, 5.41) is 3.00. The zero-order chi connectivity index (χ0) is 25.0. The second-order valence-electron chi connectivity index (χ2n) is 9.39. The molecule has 35 heavy (non-hydrogen) atoms. The molecule has 2 fully saturated rings. The van der Waals surface area contributed by atoms with Gasteiger partial charge in [-0.25, -0.2) is 8.42 Å². The third kappa shape index (κ3) is 5.28. The molecule has 7 nitrogen and oxygen atoms in total. The van der Waals surface area contributed by atoms with Crippen LogP contribution >= 0.6 is 0 Å². The van der Waals surface area contributed by atoms with Crippen LogP contribution in [0.5, 0.6) is 0 Å². The molecule has 2 aromatic carbocycles. The Bertz CT molecular complexity index is 1130. The number of rotatable bonds is 8. The van der Waals surface area contributed by atoms with E-state index in [1.807, 2.05) is 36.9 Å². The van der Waals surface area contributed by atoms with Gasteiger partial charge in [-0.1, -0.05) is 57.0 Å². The lowest BCUT2D eigenvalue weighted by Crippen LogP contribution is -2.49. The molecule has 3 unspecified atom stereocenters. The summed E-state index contributed by atoms with van der Waals surface area (Å²) in [5.74, 6) is 0.131. The summed E-state index contributed by atoms with van der Waals surface area (Å²) >= 11 is 0. The molecule has 2 amide bonds. The van der Waals surface area contributed by atoms with Crippen LogP contribution in [0.4, 0.5) is 0 Å². The minimum absolute atomic E-state index is 0.0777. The van der Waals surface area contributed by atoms with E-state index in [1.54, 1.807) is 36.4 Å². The summed E-state index contributed by atoms with van der Waals surface area (Å²) in [6.45, 7) is 4.74. The fourth-order valence-corrected chi connectivity index (χ4v) is 6.97. The van der Waals surface area contributed by atoms with Gasteiger partial charge >= 0.3 is 0 Å². The average molecular weight is 498 g/mol. The quantitative estimate of drug-likeness (QED) is 0.601. The Hall–Kier alpha value is -2.71. The number of nitrogens with one attached hydrogen (secondary N) is 1. The molecule has 2 aliphatic rings. The van der Waals surface area contributed by atoms with Gasteiger partial charge in [0.1, 0.15) is 6.04 Å². The van der Waals surface area contributed by atoms with Crippen LogP contribution < -0.4 is 5.32 Å². The molecule has 2 aromatic rings. The zero-order valence-corrected chi connectivity index (χ0v) is 21.3. The fraction of sp³-hybridized carbons (Fsp3) is 0.481. The van der Waals surface area contributed by atoms with Crippen molar-refractivity contribution < 1.29 is 18.0 Å². The van der Waals surface area contributed by atoms with Crippen LogP contribution in [0, 0.1) is 5.92 Å². The van der Waals surface area contributed by atoms with Crippen molar-refractivity contribution in [1.29, 1.82) is 0 Å². The summed E-state index contributed by atoms with van der Waals surface area (Å²) in [5.41, 5.74) is 1.43. The number of nitrogens with zero attached hydrogens (tertiary/aromatic N) is 2. The van der Waals surface area contributed by atoms with Crippen molar-refractivity contribution >= 4 is 21.8 Å². The summed E-state index contributed by atoms with van der Waals surface area (Å²) in [7, 11) is -3.52. The van der Waals surface area contributed by atoms with E-state index in [1.165, 1.54) is 4.31 Å². The minimum Gasteiger partial charge on any atom is -0.350 e. The number of hydrogen-bond acceptors (Lipinski definition) is 4. The van der Waals surface area contributed by atoms with E-state index >= 15 is 0 Å². The predicted octanol–water partition coefficient (Wildman–Crippen LogP) is 3.81. The molecule has 1 N–H and O–H groups in total. The molecule has 1 saturated heterocycles. The average Bonchev–Trinajstić information content (AvgIpc) is 3.28. The molecule has 0 aromatic heterocycles. The van der Waals surface area contributed by atoms with E-state index < -0.39 is 16.1 Å². The number of benzene rings is 2. The third-order valence-corrected chi connectivity index (χ3v) is 9.44. The van der Waals surface area contributed by atoms with Crippen LogP contribution in [0.15, 0.2) is 59.5 Å². The highest BCUT2D eigenvalue weighted by atomic mass is 32.2. The SMILES string of the molecule is CCN(CC)S(=O)(=O)c1ccc(CNC(=O)C2CC3CCCCC3N2C(=O)c2ccccc2)cc1. The Morgan fingerprint density at radius 1 is 0.971 bits per heavy atom. The van der Waals surface area contributed by atoms with Gasteiger partial charge in [0.15, 0.2) is 0 Å². The third-order valence-electron chi connectivity index (χ3n) is 7.38. The molecule has 0 spiro atoms. The monoisotopic (exact) mass is 497 g/mol. The Morgan fingerprint density at radius 2 is 1.63 bits per heavy atom. The molecule has 1 saturated carbocycles. The Labute approximate surface area is 208 Å². The summed E-state index contributed by atoms with van der Waals surface area (Å²) in [4.78, 5) is 28.8. The van der Waals surface area contributed by atoms with Gasteiger partial charge in [0.25, 0.3) is 5.91 Å². The highest BCUT2D eigenvalue weighted by Gasteiger charge is 2.47. The van der Waals surface area contributed by atoms with Crippen LogP contribution in [0.1, 0.15) is 61.9 Å². The van der Waals surface area contributed by atoms with E-state index in [9.17, 15) is 18.0 Å². The lowest BCUT2D eigenvalue weighted by Gasteiger charge is -2.33. The number of hydrogen-bond donors (Lipinski definition) is 1. The highest BCUT2D eigenvalue weighted by Crippen LogP contribution is 2.40. The summed E-state index contributed by atoms with van der Waals surface area (Å²) in [6, 6.07) is 15.5. The number of fused-ring (bicyclic) bond motifs is 1. The van der Waals surface area contributed by atoms with Gasteiger partial charge in [-0.2, -0.15) is 4.31 Å². The van der Waals surface area contributed by atoms with E-state index in [2.05, 4.69) is 5.32 Å². The lowest BCUT2D eigenvalue weighted by molar-refractivity contribution is -0.125. The molecule has 8 heteroatoms. The van der Waals surface area contributed by atoms with Crippen molar-refractivity contribution in [2.75, 3.05) is 13.1 Å². The highest BCUT2D eigenvalue weighted by molar-refractivity contribution is 7.89. The van der Waals surface area contributed by atoms with Gasteiger partial charge in [-0.05, 0) is 55.0 Å². The van der Waals surface area contributed by atoms with E-state index in [0.29, 0.717) is 31.0 Å². The molecule has 0 radical (unpaired) electrons. The van der Waals surface area contributed by atoms with Crippen LogP contribution in [-0.2, 0) is 21.4 Å². The zero-order valence-electron chi connectivity index (χ0n) is 20.5. The standard InChI is InChI=1S/C27H35N3O4S/c1-3-29(4-2)35(33,34)23-16-14-20(15-17-23)19-28-26(31)25-18-22-12-8-9-13-24(22)30(25)27(32)21-10-6-5-7-11-21/h5-7,10-11,14-17,22,24-25H,3-4,8-9,12-13,18-19H2,1-2H3,(H,28,31). The summed E-state index contributed by atoms with van der Waals surface area (Å²) < 4.78 is 26.8. The first-order valence-corrected chi connectivity index (χ1v) is 14.0. The minimum atomic E-state index is -3.52. The van der Waals surface area contributed by atoms with Crippen molar-refractivity contribution in [3.8, 4) is 0 Å². The topological polar surface area (TPSA) is 86.8 Å². The second kappa shape index (κ2) is 10.9. The Morgan fingerprint density at radius 3 is 2.29 bits per heavy atom. The number of carbonyl (C=O) groups excluding carboxylic acids is 2. The first kappa shape index (κ1) is 25.4. The predicted molar refractivity (Wildman–Crippen MR) is 135 cm³/mol. The number of carbonyl (C=O) groups is 2. The molecular formula is C27H35N3O4S. The molecule has 188 valence electrons. The molecule has 3 atom stereocenters. The molecule has 1 aliphatic heterocycles. The second-order valence-corrected chi connectivity index (χ2v) is 11.3. The van der Waals surface area contributed by atoms with E-state index in [-0.39, 0.29) is 29.3 Å². The largest absolute Gasteiger partial charge is 0.350 e. The first-order chi connectivity index (χ1) is 16.9. The van der Waals surface area contributed by atoms with Gasteiger partial charge in [0.05, 0.1) is 4.90 Å². The van der Waals surface area contributed by atoms with Crippen molar-refractivity contribution in [3.05, 3.63) is 65.7 Å². The van der Waals surface area contributed by atoms with Gasteiger partial charge in [-0.3, -0.25) is 9.59 Å². The van der Waals surface area contributed by atoms with Crippen LogP contribution in [0.2, 0.25) is 0 Å². The van der Waals surface area contributed by atoms with Gasteiger partial charge < -0.3 is 10.2 Å². The Kier molecular flexibility index (Phi) is 7.91. The number of likely N-dealkylation sites (tertiary alicyclic amines) is 1. The smallest absolute Gasteiger partial charge is 0.254 e. The molecular weight excluding hydrogens is 462 g/mol. The number of amides is 2. The van der Waals surface area contributed by atoms with Gasteiger partial charge in [0.2, 0.25) is 15.9 Å². The van der Waals surface area contributed by atoms with Crippen LogP contribution in [0.25, 0.3) is 0 Å². The lowest BCUT2D eigenvalue weighted by atomic mass is 9.84. The number of sulfonamides is 1. The first-order valence-electron chi connectivity index (χ1n) is 12.6. The van der Waals surface area contributed by atoms with Crippen molar-refractivity contribution in [2.24, 2.45) is 5.92 Å². The van der Waals surface area contributed by atoms with Crippen LogP contribution in [0.3, 0.4) is 0 Å². The normalized spacial score (nSPS) is 22.1. The maximum atomic E-state index is 13.4. The fourth-order valence-electron chi connectivity index (χ4n) is 5.51. The van der Waals surface area contributed by atoms with E-state index in [4.69, 9.17) is 0 Å². The molecule has 4 rings (SSSR count). The molecule has 1 aliphatic carbocycles. The van der Waals surface area contributed by atoms with Gasteiger partial charge in [-0.15, -0.1) is 0 Å². The Balaban J connectivity index is 1.46. The maximum absolute atomic E-state index is 13.4. The summed E-state index contributed by atoms with van der Waals surface area (Å²) in [6.07, 6.45) is 4.91. The van der Waals surface area contributed by atoms with Crippen LogP contribution in [-0.4, -0.2) is 54.6 Å².